The molecule has 4 rings (SSSR count). The second kappa shape index (κ2) is 9.41. The molecular formula is C24H32N2O2S. The molecule has 0 radical (unpaired) electrons. The second-order valence-electron chi connectivity index (χ2n) is 8.65. The zero-order chi connectivity index (χ0) is 20.2. The van der Waals surface area contributed by atoms with E-state index in [9.17, 15) is 4.79 Å². The molecular weight excluding hydrogens is 380 g/mol. The highest BCUT2D eigenvalue weighted by molar-refractivity contribution is 7.10. The van der Waals surface area contributed by atoms with E-state index in [-0.39, 0.29) is 11.9 Å². The molecule has 2 aliphatic heterocycles. The van der Waals surface area contributed by atoms with Gasteiger partial charge in [0.2, 0.25) is 5.91 Å². The zero-order valence-corrected chi connectivity index (χ0v) is 18.4. The van der Waals surface area contributed by atoms with Gasteiger partial charge >= 0.3 is 0 Å². The summed E-state index contributed by atoms with van der Waals surface area (Å²) in [5.74, 6) is 0.822. The van der Waals surface area contributed by atoms with Gasteiger partial charge in [0.25, 0.3) is 0 Å². The number of carbonyl (C=O) groups excluding carboxylic acids is 1. The van der Waals surface area contributed by atoms with Crippen molar-refractivity contribution in [3.05, 3.63) is 57.8 Å². The van der Waals surface area contributed by atoms with Gasteiger partial charge in [0.15, 0.2) is 0 Å². The smallest absolute Gasteiger partial charge is 0.237 e. The van der Waals surface area contributed by atoms with Gasteiger partial charge in [0.05, 0.1) is 18.7 Å². The summed E-state index contributed by atoms with van der Waals surface area (Å²) in [7, 11) is 0. The molecule has 5 heteroatoms. The highest BCUT2D eigenvalue weighted by Crippen LogP contribution is 2.37. The van der Waals surface area contributed by atoms with Gasteiger partial charge in [-0.15, -0.1) is 11.3 Å². The summed E-state index contributed by atoms with van der Waals surface area (Å²) in [4.78, 5) is 19.2. The van der Waals surface area contributed by atoms with Crippen LogP contribution >= 0.6 is 11.3 Å². The lowest BCUT2D eigenvalue weighted by Gasteiger charge is -2.38. The molecule has 1 saturated heterocycles. The summed E-state index contributed by atoms with van der Waals surface area (Å²) in [5.41, 5.74) is 2.52. The Morgan fingerprint density at radius 2 is 1.90 bits per heavy atom. The van der Waals surface area contributed by atoms with Gasteiger partial charge in [0, 0.05) is 31.1 Å². The molecule has 3 heterocycles. The van der Waals surface area contributed by atoms with Crippen LogP contribution in [-0.4, -0.2) is 54.6 Å². The fourth-order valence-electron chi connectivity index (χ4n) is 4.42. The van der Waals surface area contributed by atoms with Gasteiger partial charge in [-0.2, -0.15) is 0 Å². The Labute approximate surface area is 178 Å². The predicted octanol–water partition coefficient (Wildman–Crippen LogP) is 4.36. The number of amides is 1. The van der Waals surface area contributed by atoms with Crippen LogP contribution in [0.15, 0.2) is 41.8 Å². The lowest BCUT2D eigenvalue weighted by molar-refractivity contribution is -0.135. The summed E-state index contributed by atoms with van der Waals surface area (Å²) in [6, 6.07) is 12.7. The van der Waals surface area contributed by atoms with Gasteiger partial charge in [0.1, 0.15) is 0 Å². The maximum absolute atomic E-state index is 13.3. The first-order chi connectivity index (χ1) is 14.1. The molecule has 29 heavy (non-hydrogen) atoms. The summed E-state index contributed by atoms with van der Waals surface area (Å²) < 4.78 is 6.00. The zero-order valence-electron chi connectivity index (χ0n) is 17.5. The molecule has 0 bridgehead atoms. The Bertz CT molecular complexity index is 796. The van der Waals surface area contributed by atoms with Crippen LogP contribution in [0.3, 0.4) is 0 Å². The third kappa shape index (κ3) is 4.90. The molecule has 0 saturated carbocycles. The highest BCUT2D eigenvalue weighted by atomic mass is 32.1. The Morgan fingerprint density at radius 3 is 2.62 bits per heavy atom. The van der Waals surface area contributed by atoms with E-state index in [1.807, 2.05) is 17.4 Å². The van der Waals surface area contributed by atoms with Gasteiger partial charge in [-0.05, 0) is 47.8 Å². The van der Waals surface area contributed by atoms with Crippen molar-refractivity contribution in [3.8, 4) is 0 Å². The van der Waals surface area contributed by atoms with Crippen molar-refractivity contribution in [2.24, 2.45) is 5.92 Å². The molecule has 4 nitrogen and oxygen atoms in total. The molecule has 1 atom stereocenters. The topological polar surface area (TPSA) is 32.8 Å². The average molecular weight is 413 g/mol. The summed E-state index contributed by atoms with van der Waals surface area (Å²) >= 11 is 1.82. The number of benzene rings is 1. The third-order valence-electron chi connectivity index (χ3n) is 5.96. The quantitative estimate of drug-likeness (QED) is 0.707. The first-order valence-electron chi connectivity index (χ1n) is 10.9. The van der Waals surface area contributed by atoms with Crippen LogP contribution in [0.2, 0.25) is 0 Å². The molecule has 2 aromatic rings. The van der Waals surface area contributed by atoms with Crippen molar-refractivity contribution in [2.45, 2.75) is 45.3 Å². The summed E-state index contributed by atoms with van der Waals surface area (Å²) in [6.07, 6.45) is 3.37. The van der Waals surface area contributed by atoms with E-state index >= 15 is 0 Å². The van der Waals surface area contributed by atoms with Crippen LogP contribution in [0.4, 0.5) is 0 Å². The number of rotatable bonds is 6. The number of piperidine rings is 1. The van der Waals surface area contributed by atoms with Crippen molar-refractivity contribution in [3.63, 3.8) is 0 Å². The molecule has 2 aliphatic rings. The minimum atomic E-state index is 0.0469. The Morgan fingerprint density at radius 1 is 1.14 bits per heavy atom. The van der Waals surface area contributed by atoms with Gasteiger partial charge in [-0.1, -0.05) is 44.2 Å². The molecule has 1 fully saturated rings. The van der Waals surface area contributed by atoms with E-state index in [0.717, 1.165) is 45.5 Å². The first kappa shape index (κ1) is 20.6. The molecule has 1 aromatic carbocycles. The fraction of sp³-hybridized carbons (Fsp3) is 0.542. The number of hydrogen-bond acceptors (Lipinski definition) is 4. The van der Waals surface area contributed by atoms with E-state index in [1.165, 1.54) is 16.0 Å². The van der Waals surface area contributed by atoms with Crippen LogP contribution in [0, 0.1) is 5.92 Å². The van der Waals surface area contributed by atoms with Crippen LogP contribution in [-0.2, 0) is 16.0 Å². The van der Waals surface area contributed by atoms with E-state index in [0.29, 0.717) is 18.6 Å². The van der Waals surface area contributed by atoms with Gasteiger partial charge < -0.3 is 9.64 Å². The molecule has 0 N–H and O–H groups in total. The standard InChI is InChI=1S/C24H32N2O2S/c1-18(2)17-28-20-8-12-25(13-9-20)16-23(27)26-14-10-22-21(11-15-29-22)24(26)19-6-4-3-5-7-19/h3-7,11,15,18,20,24H,8-10,12-14,16-17H2,1-2H3. The molecule has 1 unspecified atom stereocenters. The largest absolute Gasteiger partial charge is 0.378 e. The van der Waals surface area contributed by atoms with Crippen molar-refractivity contribution < 1.29 is 9.53 Å². The lowest BCUT2D eigenvalue weighted by atomic mass is 9.93. The Hall–Kier alpha value is -1.69. The Kier molecular flexibility index (Phi) is 6.68. The van der Waals surface area contributed by atoms with Crippen molar-refractivity contribution in [2.75, 3.05) is 32.8 Å². The van der Waals surface area contributed by atoms with E-state index in [1.54, 1.807) is 0 Å². The number of carbonyl (C=O) groups is 1. The van der Waals surface area contributed by atoms with E-state index < -0.39 is 0 Å². The third-order valence-corrected chi connectivity index (χ3v) is 6.96. The maximum atomic E-state index is 13.3. The lowest BCUT2D eigenvalue weighted by Crippen LogP contribution is -2.47. The van der Waals surface area contributed by atoms with E-state index in [2.05, 4.69) is 59.4 Å². The molecule has 0 spiro atoms. The normalized spacial score (nSPS) is 20.8. The monoisotopic (exact) mass is 412 g/mol. The summed E-state index contributed by atoms with van der Waals surface area (Å²) in [5, 5.41) is 2.16. The number of likely N-dealkylation sites (tertiary alicyclic amines) is 1. The number of thiophene rings is 1. The number of hydrogen-bond donors (Lipinski definition) is 0. The Balaban J connectivity index is 1.40. The van der Waals surface area contributed by atoms with Crippen LogP contribution in [0.25, 0.3) is 0 Å². The van der Waals surface area contributed by atoms with Crippen molar-refractivity contribution >= 4 is 17.2 Å². The average Bonchev–Trinajstić information content (AvgIpc) is 3.22. The molecule has 1 aromatic heterocycles. The number of fused-ring (bicyclic) bond motifs is 1. The maximum Gasteiger partial charge on any atom is 0.237 e. The first-order valence-corrected chi connectivity index (χ1v) is 11.7. The van der Waals surface area contributed by atoms with Crippen LogP contribution in [0.5, 0.6) is 0 Å². The van der Waals surface area contributed by atoms with Crippen LogP contribution in [0.1, 0.15) is 48.7 Å². The van der Waals surface area contributed by atoms with E-state index in [4.69, 9.17) is 4.74 Å². The van der Waals surface area contributed by atoms with Gasteiger partial charge in [-0.25, -0.2) is 0 Å². The number of ether oxygens (including phenoxy) is 1. The van der Waals surface area contributed by atoms with Crippen molar-refractivity contribution in [1.29, 1.82) is 0 Å². The van der Waals surface area contributed by atoms with Crippen molar-refractivity contribution in [1.82, 2.24) is 9.80 Å². The fourth-order valence-corrected chi connectivity index (χ4v) is 5.33. The molecule has 1 amide bonds. The minimum Gasteiger partial charge on any atom is -0.378 e. The number of nitrogens with zero attached hydrogens (tertiary/aromatic N) is 2. The van der Waals surface area contributed by atoms with Crippen LogP contribution < -0.4 is 0 Å². The summed E-state index contributed by atoms with van der Waals surface area (Å²) in [6.45, 7) is 8.42. The highest BCUT2D eigenvalue weighted by Gasteiger charge is 2.33. The second-order valence-corrected chi connectivity index (χ2v) is 9.65. The van der Waals surface area contributed by atoms with Gasteiger partial charge in [-0.3, -0.25) is 9.69 Å². The minimum absolute atomic E-state index is 0.0469. The SMILES string of the molecule is CC(C)COC1CCN(CC(=O)N2CCc3sccc3C2c2ccccc2)CC1. The molecule has 0 aliphatic carbocycles. The molecule has 156 valence electrons. The predicted molar refractivity (Wildman–Crippen MR) is 118 cm³/mol.